The maximum Gasteiger partial charge on any atom is 0.417 e. The minimum atomic E-state index is -4.54. The number of halogens is 3. The van der Waals surface area contributed by atoms with Crippen molar-refractivity contribution >= 4 is 22.7 Å². The van der Waals surface area contributed by atoms with E-state index in [1.807, 2.05) is 17.0 Å². The zero-order valence-corrected chi connectivity index (χ0v) is 16.6. The molecule has 4 rings (SSSR count). The fourth-order valence-corrected chi connectivity index (χ4v) is 3.99. The fourth-order valence-electron chi connectivity index (χ4n) is 3.99. The second kappa shape index (κ2) is 8.19. The van der Waals surface area contributed by atoms with E-state index < -0.39 is 24.3 Å². The van der Waals surface area contributed by atoms with Gasteiger partial charge in [0.1, 0.15) is 5.82 Å². The molecule has 1 saturated heterocycles. The van der Waals surface area contributed by atoms with Crippen molar-refractivity contribution < 1.29 is 28.2 Å². The number of hydrogen-bond acceptors (Lipinski definition) is 4. The first-order chi connectivity index (χ1) is 14.8. The smallest absolute Gasteiger partial charge is 0.417 e. The van der Waals surface area contributed by atoms with Gasteiger partial charge in [0, 0.05) is 18.5 Å². The number of benzene rings is 2. The van der Waals surface area contributed by atoms with E-state index in [0.29, 0.717) is 42.4 Å². The van der Waals surface area contributed by atoms with Crippen molar-refractivity contribution in [1.82, 2.24) is 4.98 Å². The van der Waals surface area contributed by atoms with Crippen molar-refractivity contribution in [3.05, 3.63) is 59.7 Å². The summed E-state index contributed by atoms with van der Waals surface area (Å²) in [4.78, 5) is 17.8. The third kappa shape index (κ3) is 4.34. The second-order valence-corrected chi connectivity index (χ2v) is 7.71. The Morgan fingerprint density at radius 3 is 2.45 bits per heavy atom. The Balaban J connectivity index is 1.65. The molecule has 3 aromatic rings. The standard InChI is InChI=1S/C23H21F3N2O3/c24-23(25,26)19-11-14(13-29)1-4-18(19)16-2-5-20-17(12-16)3-6-21(27-20)28-9-7-15(8-10-28)22(30)31/h1-6,11-12,15,29H,7-10,13H2,(H,30,31). The number of aliphatic hydroxyl groups excluding tert-OH is 1. The van der Waals surface area contributed by atoms with Crippen molar-refractivity contribution in [3.8, 4) is 11.1 Å². The molecule has 162 valence electrons. The Kier molecular flexibility index (Phi) is 5.58. The molecule has 2 aromatic carbocycles. The van der Waals surface area contributed by atoms with E-state index in [4.69, 9.17) is 5.11 Å². The lowest BCUT2D eigenvalue weighted by atomic mass is 9.96. The second-order valence-electron chi connectivity index (χ2n) is 7.71. The Bertz CT molecular complexity index is 1120. The zero-order valence-electron chi connectivity index (χ0n) is 16.6. The van der Waals surface area contributed by atoms with Gasteiger partial charge in [0.2, 0.25) is 0 Å². The molecule has 0 radical (unpaired) electrons. The molecule has 0 unspecified atom stereocenters. The molecule has 1 aliphatic heterocycles. The molecule has 8 heteroatoms. The molecule has 0 atom stereocenters. The van der Waals surface area contributed by atoms with Gasteiger partial charge in [0.25, 0.3) is 0 Å². The van der Waals surface area contributed by atoms with Crippen LogP contribution in [-0.4, -0.2) is 34.3 Å². The average Bonchev–Trinajstić information content (AvgIpc) is 2.77. The number of anilines is 1. The van der Waals surface area contributed by atoms with E-state index >= 15 is 0 Å². The number of hydrogen-bond donors (Lipinski definition) is 2. The van der Waals surface area contributed by atoms with Crippen LogP contribution in [0.2, 0.25) is 0 Å². The number of carbonyl (C=O) groups is 1. The molecular formula is C23H21F3N2O3. The van der Waals surface area contributed by atoms with E-state index in [9.17, 15) is 23.1 Å². The first-order valence-corrected chi connectivity index (χ1v) is 9.96. The summed E-state index contributed by atoms with van der Waals surface area (Å²) < 4.78 is 40.7. The summed E-state index contributed by atoms with van der Waals surface area (Å²) in [6.45, 7) is 0.733. The normalized spacial score (nSPS) is 15.4. The van der Waals surface area contributed by atoms with Crippen molar-refractivity contribution in [1.29, 1.82) is 0 Å². The lowest BCUT2D eigenvalue weighted by Crippen LogP contribution is -2.36. The van der Waals surface area contributed by atoms with Gasteiger partial charge in [-0.2, -0.15) is 13.2 Å². The Morgan fingerprint density at radius 2 is 1.81 bits per heavy atom. The number of nitrogens with zero attached hydrogens (tertiary/aromatic N) is 2. The van der Waals surface area contributed by atoms with Crippen molar-refractivity contribution in [3.63, 3.8) is 0 Å². The van der Waals surface area contributed by atoms with Crippen molar-refractivity contribution in [2.24, 2.45) is 5.92 Å². The van der Waals surface area contributed by atoms with Gasteiger partial charge in [-0.05, 0) is 59.9 Å². The van der Waals surface area contributed by atoms with E-state index in [0.717, 1.165) is 11.9 Å². The van der Waals surface area contributed by atoms with Gasteiger partial charge >= 0.3 is 12.1 Å². The van der Waals surface area contributed by atoms with Gasteiger partial charge in [-0.15, -0.1) is 0 Å². The first kappa shape index (κ1) is 21.1. The summed E-state index contributed by atoms with van der Waals surface area (Å²) in [6, 6.07) is 12.4. The number of aromatic nitrogens is 1. The number of pyridine rings is 1. The average molecular weight is 430 g/mol. The van der Waals surface area contributed by atoms with Crippen LogP contribution >= 0.6 is 0 Å². The van der Waals surface area contributed by atoms with Crippen LogP contribution in [-0.2, 0) is 17.6 Å². The predicted octanol–water partition coefficient (Wildman–Crippen LogP) is 4.71. The van der Waals surface area contributed by atoms with Crippen LogP contribution in [0.1, 0.15) is 24.0 Å². The summed E-state index contributed by atoms with van der Waals surface area (Å²) in [6.07, 6.45) is -3.43. The summed E-state index contributed by atoms with van der Waals surface area (Å²) in [5.74, 6) is -0.379. The number of aliphatic carboxylic acids is 1. The molecule has 1 aromatic heterocycles. The van der Waals surface area contributed by atoms with Crippen LogP contribution in [0.5, 0.6) is 0 Å². The quantitative estimate of drug-likeness (QED) is 0.627. The number of carboxylic acids is 1. The molecule has 0 spiro atoms. The van der Waals surface area contributed by atoms with Crippen LogP contribution < -0.4 is 4.90 Å². The monoisotopic (exact) mass is 430 g/mol. The van der Waals surface area contributed by atoms with E-state index in [-0.39, 0.29) is 17.0 Å². The summed E-state index contributed by atoms with van der Waals surface area (Å²) in [5.41, 5.74) is 0.536. The number of alkyl halides is 3. The van der Waals surface area contributed by atoms with Crippen LogP contribution in [0.3, 0.4) is 0 Å². The summed E-state index contributed by atoms with van der Waals surface area (Å²) in [7, 11) is 0. The van der Waals surface area contributed by atoms with Gasteiger partial charge in [-0.25, -0.2) is 4.98 Å². The van der Waals surface area contributed by atoms with Crippen LogP contribution in [0.15, 0.2) is 48.5 Å². The minimum Gasteiger partial charge on any atom is -0.481 e. The van der Waals surface area contributed by atoms with Crippen molar-refractivity contribution in [2.45, 2.75) is 25.6 Å². The molecular weight excluding hydrogens is 409 g/mol. The largest absolute Gasteiger partial charge is 0.481 e. The van der Waals surface area contributed by atoms with Crippen LogP contribution in [0, 0.1) is 5.92 Å². The lowest BCUT2D eigenvalue weighted by molar-refractivity contribution is -0.142. The highest BCUT2D eigenvalue weighted by molar-refractivity contribution is 5.86. The number of carboxylic acid groups (broad SMARTS) is 1. The molecule has 0 aliphatic carbocycles. The molecule has 1 fully saturated rings. The summed E-state index contributed by atoms with van der Waals surface area (Å²) in [5, 5.41) is 19.0. The maximum absolute atomic E-state index is 13.6. The Labute approximate surface area is 176 Å². The van der Waals surface area contributed by atoms with E-state index in [2.05, 4.69) is 4.98 Å². The Hall–Kier alpha value is -3.13. The van der Waals surface area contributed by atoms with Gasteiger partial charge in [-0.3, -0.25) is 4.79 Å². The topological polar surface area (TPSA) is 73.7 Å². The number of aliphatic hydroxyl groups is 1. The molecule has 5 nitrogen and oxygen atoms in total. The van der Waals surface area contributed by atoms with Gasteiger partial charge in [-0.1, -0.05) is 18.2 Å². The molecule has 2 N–H and O–H groups in total. The number of rotatable bonds is 4. The molecule has 1 aliphatic rings. The van der Waals surface area contributed by atoms with Crippen molar-refractivity contribution in [2.75, 3.05) is 18.0 Å². The van der Waals surface area contributed by atoms with Gasteiger partial charge in [0.15, 0.2) is 0 Å². The molecule has 31 heavy (non-hydrogen) atoms. The Morgan fingerprint density at radius 1 is 1.06 bits per heavy atom. The van der Waals surface area contributed by atoms with E-state index in [1.165, 1.54) is 12.1 Å². The minimum absolute atomic E-state index is 0.0476. The SMILES string of the molecule is O=C(O)C1CCN(c2ccc3cc(-c4ccc(CO)cc4C(F)(F)F)ccc3n2)CC1. The number of fused-ring (bicyclic) bond motifs is 1. The van der Waals surface area contributed by atoms with E-state index in [1.54, 1.807) is 18.2 Å². The lowest BCUT2D eigenvalue weighted by Gasteiger charge is -2.31. The zero-order chi connectivity index (χ0) is 22.2. The highest BCUT2D eigenvalue weighted by atomic mass is 19.4. The first-order valence-electron chi connectivity index (χ1n) is 9.96. The van der Waals surface area contributed by atoms with Crippen LogP contribution in [0.4, 0.5) is 19.0 Å². The molecule has 0 amide bonds. The number of piperidine rings is 1. The molecule has 2 heterocycles. The van der Waals surface area contributed by atoms with Gasteiger partial charge in [0.05, 0.1) is 23.6 Å². The predicted molar refractivity (Wildman–Crippen MR) is 111 cm³/mol. The fraction of sp³-hybridized carbons (Fsp3) is 0.304. The molecule has 0 bridgehead atoms. The third-order valence-electron chi connectivity index (χ3n) is 5.73. The summed E-state index contributed by atoms with van der Waals surface area (Å²) >= 11 is 0. The highest BCUT2D eigenvalue weighted by Gasteiger charge is 2.34. The maximum atomic E-state index is 13.6. The third-order valence-corrected chi connectivity index (χ3v) is 5.73. The van der Waals surface area contributed by atoms with Gasteiger partial charge < -0.3 is 15.1 Å². The molecule has 0 saturated carbocycles. The van der Waals surface area contributed by atoms with Crippen LogP contribution in [0.25, 0.3) is 22.0 Å². The highest BCUT2D eigenvalue weighted by Crippen LogP contribution is 2.38.